The summed E-state index contributed by atoms with van der Waals surface area (Å²) in [6.07, 6.45) is 8.33. The van der Waals surface area contributed by atoms with Crippen LogP contribution in [-0.4, -0.2) is 39.9 Å². The highest BCUT2D eigenvalue weighted by molar-refractivity contribution is 7.89. The zero-order valence-electron chi connectivity index (χ0n) is 15.7. The summed E-state index contributed by atoms with van der Waals surface area (Å²) in [5, 5.41) is 17.4. The van der Waals surface area contributed by atoms with Crippen molar-refractivity contribution in [3.8, 4) is 5.88 Å². The van der Waals surface area contributed by atoms with E-state index < -0.39 is 15.3 Å². The second-order valence-corrected chi connectivity index (χ2v) is 8.96. The lowest BCUT2D eigenvalue weighted by molar-refractivity contribution is 0.332. The third-order valence-corrected chi connectivity index (χ3v) is 6.66. The van der Waals surface area contributed by atoms with Crippen LogP contribution in [0.4, 0.5) is 0 Å². The molecule has 1 unspecified atom stereocenters. The standard InChI is InChI=1S/C18H24N6O3S/c1-27-16-11-13(12-23-9-5-8-20-23)10-15-21-22-18(24(15)16)17(28(19,25)26)14-6-3-2-4-7-14/h5,8-11,14,17H,2-4,6-7,12H2,1H3,(H2,19,25,26). The molecule has 3 heterocycles. The highest BCUT2D eigenvalue weighted by atomic mass is 32.2. The molecular formula is C18H24N6O3S. The number of rotatable bonds is 6. The van der Waals surface area contributed by atoms with Gasteiger partial charge in [0.1, 0.15) is 5.25 Å². The van der Waals surface area contributed by atoms with Crippen LogP contribution in [0, 0.1) is 5.92 Å². The molecule has 2 N–H and O–H groups in total. The fourth-order valence-electron chi connectivity index (χ4n) is 4.13. The SMILES string of the molecule is COc1cc(Cn2cccn2)cc2nnc(C(C3CCCCC3)S(N)(=O)=O)n12. The Morgan fingerprint density at radius 3 is 2.68 bits per heavy atom. The van der Waals surface area contributed by atoms with Gasteiger partial charge in [0, 0.05) is 18.5 Å². The lowest BCUT2D eigenvalue weighted by atomic mass is 9.86. The predicted molar refractivity (Wildman–Crippen MR) is 103 cm³/mol. The zero-order chi connectivity index (χ0) is 19.7. The van der Waals surface area contributed by atoms with Gasteiger partial charge < -0.3 is 4.74 Å². The van der Waals surface area contributed by atoms with Gasteiger partial charge in [0.25, 0.3) is 0 Å². The third kappa shape index (κ3) is 3.61. The predicted octanol–water partition coefficient (Wildman–Crippen LogP) is 1.89. The zero-order valence-corrected chi connectivity index (χ0v) is 16.5. The summed E-state index contributed by atoms with van der Waals surface area (Å²) in [6.45, 7) is 0.545. The number of nitrogens with zero attached hydrogens (tertiary/aromatic N) is 5. The van der Waals surface area contributed by atoms with Gasteiger partial charge in [-0.3, -0.25) is 4.68 Å². The molecule has 1 aliphatic rings. The lowest BCUT2D eigenvalue weighted by Crippen LogP contribution is -2.31. The fourth-order valence-corrected chi connectivity index (χ4v) is 5.38. The molecule has 0 aromatic carbocycles. The van der Waals surface area contributed by atoms with E-state index in [-0.39, 0.29) is 5.92 Å². The van der Waals surface area contributed by atoms with E-state index >= 15 is 0 Å². The van der Waals surface area contributed by atoms with Crippen molar-refractivity contribution < 1.29 is 13.2 Å². The Balaban J connectivity index is 1.80. The molecule has 10 heteroatoms. The van der Waals surface area contributed by atoms with Crippen molar-refractivity contribution in [2.75, 3.05) is 7.11 Å². The van der Waals surface area contributed by atoms with E-state index in [1.807, 2.05) is 24.4 Å². The van der Waals surface area contributed by atoms with Crippen molar-refractivity contribution >= 4 is 15.7 Å². The Morgan fingerprint density at radius 2 is 2.04 bits per heavy atom. The Kier molecular flexibility index (Phi) is 5.07. The Bertz CT molecular complexity index is 1050. The topological polar surface area (TPSA) is 117 Å². The molecule has 0 aliphatic heterocycles. The molecule has 0 amide bonds. The van der Waals surface area contributed by atoms with Crippen molar-refractivity contribution in [1.29, 1.82) is 0 Å². The Labute approximate surface area is 163 Å². The molecule has 150 valence electrons. The van der Waals surface area contributed by atoms with E-state index in [1.165, 1.54) is 0 Å². The van der Waals surface area contributed by atoms with Crippen LogP contribution < -0.4 is 9.88 Å². The maximum absolute atomic E-state index is 12.5. The third-order valence-electron chi connectivity index (χ3n) is 5.36. The van der Waals surface area contributed by atoms with Crippen LogP contribution in [0.3, 0.4) is 0 Å². The van der Waals surface area contributed by atoms with Gasteiger partial charge in [-0.05, 0) is 36.5 Å². The first kappa shape index (κ1) is 18.9. The van der Waals surface area contributed by atoms with Gasteiger partial charge in [0.2, 0.25) is 15.9 Å². The van der Waals surface area contributed by atoms with Crippen LogP contribution in [0.15, 0.2) is 30.6 Å². The van der Waals surface area contributed by atoms with Crippen LogP contribution >= 0.6 is 0 Å². The van der Waals surface area contributed by atoms with Crippen LogP contribution in [0.5, 0.6) is 5.88 Å². The van der Waals surface area contributed by atoms with Crippen molar-refractivity contribution in [2.45, 2.75) is 43.9 Å². The number of nitrogens with two attached hydrogens (primary N) is 1. The largest absolute Gasteiger partial charge is 0.482 e. The molecule has 28 heavy (non-hydrogen) atoms. The summed E-state index contributed by atoms with van der Waals surface area (Å²) >= 11 is 0. The van der Waals surface area contributed by atoms with Crippen LogP contribution in [0.25, 0.3) is 5.65 Å². The summed E-state index contributed by atoms with van der Waals surface area (Å²) in [6, 6.07) is 5.57. The molecule has 3 aromatic heterocycles. The van der Waals surface area contributed by atoms with E-state index in [0.717, 1.165) is 37.7 Å². The quantitative estimate of drug-likeness (QED) is 0.670. The molecule has 4 rings (SSSR count). The molecule has 1 fully saturated rings. The van der Waals surface area contributed by atoms with Gasteiger partial charge in [-0.25, -0.2) is 18.0 Å². The summed E-state index contributed by atoms with van der Waals surface area (Å²) in [7, 11) is -2.30. The molecule has 1 atom stereocenters. The highest BCUT2D eigenvalue weighted by Crippen LogP contribution is 2.39. The number of hydrogen-bond acceptors (Lipinski definition) is 6. The summed E-state index contributed by atoms with van der Waals surface area (Å²) in [5.74, 6) is 0.737. The Morgan fingerprint density at radius 1 is 1.25 bits per heavy atom. The molecule has 0 bridgehead atoms. The molecular weight excluding hydrogens is 380 g/mol. The maximum atomic E-state index is 12.5. The fraction of sp³-hybridized carbons (Fsp3) is 0.500. The lowest BCUT2D eigenvalue weighted by Gasteiger charge is -2.27. The number of ether oxygens (including phenoxy) is 1. The van der Waals surface area contributed by atoms with Crippen LogP contribution in [0.1, 0.15) is 48.7 Å². The summed E-state index contributed by atoms with van der Waals surface area (Å²) in [5.41, 5.74) is 1.46. The minimum absolute atomic E-state index is 0.0652. The van der Waals surface area contributed by atoms with E-state index in [9.17, 15) is 8.42 Å². The molecule has 0 radical (unpaired) electrons. The van der Waals surface area contributed by atoms with E-state index in [1.54, 1.807) is 22.4 Å². The van der Waals surface area contributed by atoms with Gasteiger partial charge in [0.05, 0.1) is 13.7 Å². The van der Waals surface area contributed by atoms with Crippen molar-refractivity contribution in [3.63, 3.8) is 0 Å². The monoisotopic (exact) mass is 404 g/mol. The van der Waals surface area contributed by atoms with Gasteiger partial charge >= 0.3 is 0 Å². The molecule has 1 aliphatic carbocycles. The van der Waals surface area contributed by atoms with Gasteiger partial charge in [-0.1, -0.05) is 19.3 Å². The molecule has 0 spiro atoms. The number of pyridine rings is 1. The summed E-state index contributed by atoms with van der Waals surface area (Å²) in [4.78, 5) is 0. The number of hydrogen-bond donors (Lipinski definition) is 1. The molecule has 9 nitrogen and oxygen atoms in total. The Hall–Kier alpha value is -2.46. The average Bonchev–Trinajstić information content (AvgIpc) is 3.31. The normalized spacial score (nSPS) is 17.1. The molecule has 1 saturated carbocycles. The first-order valence-electron chi connectivity index (χ1n) is 9.38. The maximum Gasteiger partial charge on any atom is 0.219 e. The number of sulfonamides is 1. The summed E-state index contributed by atoms with van der Waals surface area (Å²) < 4.78 is 34.0. The van der Waals surface area contributed by atoms with Gasteiger partial charge in [-0.15, -0.1) is 10.2 Å². The van der Waals surface area contributed by atoms with Crippen molar-refractivity contribution in [2.24, 2.45) is 11.1 Å². The molecule has 3 aromatic rings. The molecule has 0 saturated heterocycles. The first-order chi connectivity index (χ1) is 13.5. The minimum Gasteiger partial charge on any atom is -0.482 e. The van der Waals surface area contributed by atoms with E-state index in [4.69, 9.17) is 9.88 Å². The second kappa shape index (κ2) is 7.51. The highest BCUT2D eigenvalue weighted by Gasteiger charge is 2.37. The van der Waals surface area contributed by atoms with E-state index in [2.05, 4.69) is 15.3 Å². The van der Waals surface area contributed by atoms with E-state index in [0.29, 0.717) is 23.9 Å². The van der Waals surface area contributed by atoms with Crippen LogP contribution in [0.2, 0.25) is 0 Å². The minimum atomic E-state index is -3.85. The second-order valence-electron chi connectivity index (χ2n) is 7.27. The number of fused-ring (bicyclic) bond motifs is 1. The van der Waals surface area contributed by atoms with Gasteiger partial charge in [-0.2, -0.15) is 5.10 Å². The van der Waals surface area contributed by atoms with Crippen molar-refractivity contribution in [3.05, 3.63) is 42.0 Å². The smallest absolute Gasteiger partial charge is 0.219 e. The number of aromatic nitrogens is 5. The van der Waals surface area contributed by atoms with Crippen molar-refractivity contribution in [1.82, 2.24) is 24.4 Å². The van der Waals surface area contributed by atoms with Crippen LogP contribution in [-0.2, 0) is 16.6 Å². The van der Waals surface area contributed by atoms with Gasteiger partial charge in [0.15, 0.2) is 11.5 Å². The average molecular weight is 404 g/mol. The number of primary sulfonamides is 1. The number of methoxy groups -OCH3 is 1. The first-order valence-corrected chi connectivity index (χ1v) is 11.0.